The predicted octanol–water partition coefficient (Wildman–Crippen LogP) is 5.91. The topological polar surface area (TPSA) is 39.9 Å². The maximum atomic E-state index is 5.30. The first-order valence-electron chi connectivity index (χ1n) is 8.98. The number of benzene rings is 2. The summed E-state index contributed by atoms with van der Waals surface area (Å²) in [5.41, 5.74) is 4.94. The van der Waals surface area contributed by atoms with E-state index in [4.69, 9.17) is 4.74 Å². The van der Waals surface area contributed by atoms with E-state index in [1.165, 1.54) is 16.7 Å². The number of nitrogens with zero attached hydrogens (tertiary/aromatic N) is 3. The summed E-state index contributed by atoms with van der Waals surface area (Å²) < 4.78 is 7.42. The largest absolute Gasteiger partial charge is 0.497 e. The van der Waals surface area contributed by atoms with Crippen molar-refractivity contribution in [3.05, 3.63) is 76.7 Å². The van der Waals surface area contributed by atoms with E-state index in [2.05, 4.69) is 58.3 Å². The van der Waals surface area contributed by atoms with Gasteiger partial charge in [-0.05, 0) is 66.2 Å². The predicted molar refractivity (Wildman–Crippen MR) is 117 cm³/mol. The van der Waals surface area contributed by atoms with Gasteiger partial charge in [-0.15, -0.1) is 21.5 Å². The molecule has 0 saturated heterocycles. The van der Waals surface area contributed by atoms with E-state index in [1.807, 2.05) is 30.3 Å². The van der Waals surface area contributed by atoms with Gasteiger partial charge in [0, 0.05) is 5.75 Å². The van der Waals surface area contributed by atoms with Gasteiger partial charge in [-0.3, -0.25) is 4.57 Å². The molecule has 0 saturated carbocycles. The van der Waals surface area contributed by atoms with E-state index in [9.17, 15) is 0 Å². The molecule has 0 atom stereocenters. The Morgan fingerprint density at radius 3 is 2.50 bits per heavy atom. The zero-order valence-corrected chi connectivity index (χ0v) is 17.7. The molecule has 0 aliphatic heterocycles. The lowest BCUT2D eigenvalue weighted by Crippen LogP contribution is -1.99. The van der Waals surface area contributed by atoms with Crippen LogP contribution in [0.4, 0.5) is 0 Å². The van der Waals surface area contributed by atoms with Gasteiger partial charge in [-0.2, -0.15) is 0 Å². The summed E-state index contributed by atoms with van der Waals surface area (Å²) in [4.78, 5) is 1.10. The van der Waals surface area contributed by atoms with E-state index >= 15 is 0 Å². The lowest BCUT2D eigenvalue weighted by atomic mass is 10.1. The second-order valence-electron chi connectivity index (χ2n) is 6.52. The molecule has 0 radical (unpaired) electrons. The van der Waals surface area contributed by atoms with E-state index in [1.54, 1.807) is 30.2 Å². The van der Waals surface area contributed by atoms with Gasteiger partial charge < -0.3 is 4.74 Å². The number of ether oxygens (including phenoxy) is 1. The SMILES string of the molecule is COc1ccc(-n2c(SCc3ccc(C)c(C)c3)nnc2-c2cccs2)cc1. The molecule has 0 spiro atoms. The molecule has 2 aromatic carbocycles. The van der Waals surface area contributed by atoms with Crippen LogP contribution >= 0.6 is 23.1 Å². The average Bonchev–Trinajstić information content (AvgIpc) is 3.38. The van der Waals surface area contributed by atoms with Crippen molar-refractivity contribution in [3.63, 3.8) is 0 Å². The summed E-state index contributed by atoms with van der Waals surface area (Å²) in [5, 5.41) is 11.9. The van der Waals surface area contributed by atoms with Crippen LogP contribution in [0.25, 0.3) is 16.4 Å². The van der Waals surface area contributed by atoms with Crippen molar-refractivity contribution in [2.75, 3.05) is 7.11 Å². The number of hydrogen-bond donors (Lipinski definition) is 0. The summed E-state index contributed by atoms with van der Waals surface area (Å²) in [6, 6.07) is 18.7. The van der Waals surface area contributed by atoms with Crippen molar-refractivity contribution in [2.24, 2.45) is 0 Å². The minimum Gasteiger partial charge on any atom is -0.497 e. The summed E-state index contributed by atoms with van der Waals surface area (Å²) in [6.07, 6.45) is 0. The molecular weight excluding hydrogens is 386 g/mol. The normalized spacial score (nSPS) is 11.0. The standard InChI is InChI=1S/C22H21N3OS2/c1-15-6-7-17(13-16(15)2)14-28-22-24-23-21(20-5-4-12-27-20)25(22)18-8-10-19(26-3)11-9-18/h4-13H,14H2,1-3H3. The fourth-order valence-corrected chi connectivity index (χ4v) is 4.53. The van der Waals surface area contributed by atoms with Gasteiger partial charge in [0.1, 0.15) is 5.75 Å². The highest BCUT2D eigenvalue weighted by Crippen LogP contribution is 2.32. The molecule has 0 amide bonds. The van der Waals surface area contributed by atoms with Crippen LogP contribution in [0.5, 0.6) is 5.75 Å². The van der Waals surface area contributed by atoms with Crippen molar-refractivity contribution >= 4 is 23.1 Å². The lowest BCUT2D eigenvalue weighted by Gasteiger charge is -2.11. The minimum atomic E-state index is 0.832. The Bertz CT molecular complexity index is 1070. The lowest BCUT2D eigenvalue weighted by molar-refractivity contribution is 0.414. The number of hydrogen-bond acceptors (Lipinski definition) is 5. The number of aryl methyl sites for hydroxylation is 2. The third kappa shape index (κ3) is 3.84. The Hall–Kier alpha value is -2.57. The van der Waals surface area contributed by atoms with Crippen LogP contribution in [0, 0.1) is 13.8 Å². The molecule has 4 aromatic rings. The summed E-state index contributed by atoms with van der Waals surface area (Å²) in [6.45, 7) is 4.29. The third-order valence-electron chi connectivity index (χ3n) is 4.64. The van der Waals surface area contributed by atoms with Crippen LogP contribution in [-0.4, -0.2) is 21.9 Å². The average molecular weight is 408 g/mol. The first-order chi connectivity index (χ1) is 13.7. The summed E-state index contributed by atoms with van der Waals surface area (Å²) in [5.74, 6) is 2.54. The molecule has 0 aliphatic rings. The van der Waals surface area contributed by atoms with Gasteiger partial charge in [0.2, 0.25) is 0 Å². The van der Waals surface area contributed by atoms with Crippen LogP contribution in [-0.2, 0) is 5.75 Å². The molecule has 0 unspecified atom stereocenters. The highest BCUT2D eigenvalue weighted by atomic mass is 32.2. The molecule has 0 N–H and O–H groups in total. The Morgan fingerprint density at radius 1 is 1.00 bits per heavy atom. The molecule has 6 heteroatoms. The summed E-state index contributed by atoms with van der Waals surface area (Å²) in [7, 11) is 1.68. The van der Waals surface area contributed by atoms with Crippen LogP contribution in [0.15, 0.2) is 65.1 Å². The highest BCUT2D eigenvalue weighted by Gasteiger charge is 2.17. The molecule has 2 heterocycles. The monoisotopic (exact) mass is 407 g/mol. The van der Waals surface area contributed by atoms with Gasteiger partial charge >= 0.3 is 0 Å². The smallest absolute Gasteiger partial charge is 0.196 e. The second-order valence-corrected chi connectivity index (χ2v) is 8.41. The van der Waals surface area contributed by atoms with E-state index in [0.717, 1.165) is 33.0 Å². The van der Waals surface area contributed by atoms with E-state index in [0.29, 0.717) is 0 Å². The zero-order chi connectivity index (χ0) is 19.5. The van der Waals surface area contributed by atoms with Crippen LogP contribution < -0.4 is 4.74 Å². The Balaban J connectivity index is 1.69. The van der Waals surface area contributed by atoms with Crippen LogP contribution in [0.1, 0.15) is 16.7 Å². The molecule has 28 heavy (non-hydrogen) atoms. The molecule has 2 aromatic heterocycles. The molecule has 0 fully saturated rings. The van der Waals surface area contributed by atoms with Gasteiger partial charge in [0.25, 0.3) is 0 Å². The quantitative estimate of drug-likeness (QED) is 0.372. The Labute approximate surface area is 173 Å². The Kier molecular flexibility index (Phi) is 5.50. The second kappa shape index (κ2) is 8.20. The molecule has 142 valence electrons. The fraction of sp³-hybridized carbons (Fsp3) is 0.182. The number of methoxy groups -OCH3 is 1. The van der Waals surface area contributed by atoms with Crippen molar-refractivity contribution < 1.29 is 4.74 Å². The van der Waals surface area contributed by atoms with Crippen molar-refractivity contribution in [1.29, 1.82) is 0 Å². The maximum absolute atomic E-state index is 5.30. The van der Waals surface area contributed by atoms with Gasteiger partial charge in [-0.1, -0.05) is 36.0 Å². The van der Waals surface area contributed by atoms with Gasteiger partial charge in [-0.25, -0.2) is 0 Å². The first kappa shape index (κ1) is 18.8. The van der Waals surface area contributed by atoms with Crippen molar-refractivity contribution in [1.82, 2.24) is 14.8 Å². The molecule has 4 nitrogen and oxygen atoms in total. The number of thioether (sulfide) groups is 1. The zero-order valence-electron chi connectivity index (χ0n) is 16.0. The molecule has 0 aliphatic carbocycles. The van der Waals surface area contributed by atoms with Crippen molar-refractivity contribution in [3.8, 4) is 22.1 Å². The number of rotatable bonds is 6. The maximum Gasteiger partial charge on any atom is 0.196 e. The summed E-state index contributed by atoms with van der Waals surface area (Å²) >= 11 is 3.37. The fourth-order valence-electron chi connectivity index (χ4n) is 2.93. The van der Waals surface area contributed by atoms with Crippen LogP contribution in [0.2, 0.25) is 0 Å². The van der Waals surface area contributed by atoms with E-state index < -0.39 is 0 Å². The molecule has 4 rings (SSSR count). The van der Waals surface area contributed by atoms with Crippen molar-refractivity contribution in [2.45, 2.75) is 24.8 Å². The van der Waals surface area contributed by atoms with Gasteiger partial charge in [0.15, 0.2) is 11.0 Å². The number of thiophene rings is 1. The van der Waals surface area contributed by atoms with Crippen LogP contribution in [0.3, 0.4) is 0 Å². The highest BCUT2D eigenvalue weighted by molar-refractivity contribution is 7.98. The molecule has 0 bridgehead atoms. The minimum absolute atomic E-state index is 0.832. The third-order valence-corrected chi connectivity index (χ3v) is 6.51. The molecular formula is C22H21N3OS2. The first-order valence-corrected chi connectivity index (χ1v) is 10.8. The van der Waals surface area contributed by atoms with E-state index in [-0.39, 0.29) is 0 Å². The number of aromatic nitrogens is 3. The Morgan fingerprint density at radius 2 is 1.82 bits per heavy atom. The van der Waals surface area contributed by atoms with Gasteiger partial charge in [0.05, 0.1) is 17.7 Å².